The van der Waals surface area contributed by atoms with E-state index >= 15 is 0 Å². The maximum atomic E-state index is 14.3. The Morgan fingerprint density at radius 3 is 2.52 bits per heavy atom. The molecule has 0 fully saturated rings. The molecule has 2 aromatic rings. The predicted octanol–water partition coefficient (Wildman–Crippen LogP) is 2.94. The second kappa shape index (κ2) is 7.04. The molecule has 1 aromatic carbocycles. The van der Waals surface area contributed by atoms with Crippen LogP contribution in [0, 0.1) is 5.82 Å². The van der Waals surface area contributed by atoms with E-state index < -0.39 is 6.04 Å². The third-order valence-electron chi connectivity index (χ3n) is 3.22. The fourth-order valence-electron chi connectivity index (χ4n) is 2.31. The molecule has 0 aliphatic carbocycles. The number of rotatable bonds is 6. The molecule has 1 atom stereocenters. The van der Waals surface area contributed by atoms with Gasteiger partial charge >= 0.3 is 0 Å². The minimum Gasteiger partial charge on any atom is -0.496 e. The van der Waals surface area contributed by atoms with Crippen molar-refractivity contribution in [3.05, 3.63) is 53.6 Å². The first-order valence-electron chi connectivity index (χ1n) is 6.77. The van der Waals surface area contributed by atoms with Gasteiger partial charge in [0.2, 0.25) is 0 Å². The first kappa shape index (κ1) is 15.3. The Balaban J connectivity index is 2.59. The Morgan fingerprint density at radius 1 is 1.14 bits per heavy atom. The van der Waals surface area contributed by atoms with Crippen LogP contribution in [0.15, 0.2) is 36.5 Å². The molecule has 1 N–H and O–H groups in total. The lowest BCUT2D eigenvalue weighted by molar-refractivity contribution is 0.385. The summed E-state index contributed by atoms with van der Waals surface area (Å²) in [5, 5.41) is 3.24. The zero-order valence-electron chi connectivity index (χ0n) is 12.4. The quantitative estimate of drug-likeness (QED) is 0.888. The average Bonchev–Trinajstić information content (AvgIpc) is 2.53. The van der Waals surface area contributed by atoms with Crippen LogP contribution in [0.4, 0.5) is 4.39 Å². The summed E-state index contributed by atoms with van der Waals surface area (Å²) in [6, 6.07) is 7.91. The standard InChI is InChI=1S/C16H19FN2O2/c1-4-18-16(15-13(21-3)9-6-10-19-15)14-11(17)7-5-8-12(14)20-2/h5-10,16,18H,4H2,1-3H3. The van der Waals surface area contributed by atoms with Crippen LogP contribution in [0.25, 0.3) is 0 Å². The van der Waals surface area contributed by atoms with Crippen LogP contribution in [-0.2, 0) is 0 Å². The minimum atomic E-state index is -0.442. The lowest BCUT2D eigenvalue weighted by atomic mass is 10.0. The third kappa shape index (κ3) is 3.13. The molecule has 5 heteroatoms. The Labute approximate surface area is 123 Å². The van der Waals surface area contributed by atoms with E-state index in [2.05, 4.69) is 10.3 Å². The van der Waals surface area contributed by atoms with E-state index in [9.17, 15) is 4.39 Å². The highest BCUT2D eigenvalue weighted by molar-refractivity contribution is 5.44. The highest BCUT2D eigenvalue weighted by Crippen LogP contribution is 2.34. The Hall–Kier alpha value is -2.14. The van der Waals surface area contributed by atoms with Gasteiger partial charge in [0.1, 0.15) is 23.0 Å². The van der Waals surface area contributed by atoms with Crippen molar-refractivity contribution in [2.45, 2.75) is 13.0 Å². The van der Waals surface area contributed by atoms with Crippen molar-refractivity contribution in [1.29, 1.82) is 0 Å². The van der Waals surface area contributed by atoms with Crippen molar-refractivity contribution >= 4 is 0 Å². The van der Waals surface area contributed by atoms with Crippen LogP contribution < -0.4 is 14.8 Å². The van der Waals surface area contributed by atoms with Crippen LogP contribution in [0.1, 0.15) is 24.2 Å². The van der Waals surface area contributed by atoms with E-state index in [0.717, 1.165) is 0 Å². The van der Waals surface area contributed by atoms with Crippen LogP contribution in [0.5, 0.6) is 11.5 Å². The van der Waals surface area contributed by atoms with Crippen molar-refractivity contribution in [3.63, 3.8) is 0 Å². The second-order valence-corrected chi connectivity index (χ2v) is 4.44. The smallest absolute Gasteiger partial charge is 0.142 e. The SMILES string of the molecule is CCNC(c1ncccc1OC)c1c(F)cccc1OC. The van der Waals surface area contributed by atoms with Gasteiger partial charge in [0.25, 0.3) is 0 Å². The Kier molecular flexibility index (Phi) is 5.11. The number of nitrogens with one attached hydrogen (secondary N) is 1. The summed E-state index contributed by atoms with van der Waals surface area (Å²) in [6.45, 7) is 2.61. The van der Waals surface area contributed by atoms with E-state index in [0.29, 0.717) is 29.3 Å². The van der Waals surface area contributed by atoms with Gasteiger partial charge in [0.05, 0.1) is 25.8 Å². The number of hydrogen-bond donors (Lipinski definition) is 1. The van der Waals surface area contributed by atoms with E-state index in [-0.39, 0.29) is 5.82 Å². The molecule has 0 aliphatic heterocycles. The zero-order chi connectivity index (χ0) is 15.2. The molecule has 112 valence electrons. The van der Waals surface area contributed by atoms with E-state index in [1.165, 1.54) is 13.2 Å². The monoisotopic (exact) mass is 290 g/mol. The molecule has 2 rings (SSSR count). The summed E-state index contributed by atoms with van der Waals surface area (Å²) in [5.74, 6) is 0.746. The van der Waals surface area contributed by atoms with E-state index in [4.69, 9.17) is 9.47 Å². The molecule has 0 spiro atoms. The van der Waals surface area contributed by atoms with E-state index in [1.54, 1.807) is 37.6 Å². The number of pyridine rings is 1. The van der Waals surface area contributed by atoms with Crippen LogP contribution in [0.2, 0.25) is 0 Å². The lowest BCUT2D eigenvalue weighted by Gasteiger charge is -2.22. The summed E-state index contributed by atoms with van der Waals surface area (Å²) < 4.78 is 25.0. The van der Waals surface area contributed by atoms with Crippen LogP contribution in [0.3, 0.4) is 0 Å². The summed E-state index contributed by atoms with van der Waals surface area (Å²) in [5.41, 5.74) is 1.06. The summed E-state index contributed by atoms with van der Waals surface area (Å²) in [7, 11) is 3.10. The van der Waals surface area contributed by atoms with Gasteiger partial charge in [-0.2, -0.15) is 0 Å². The predicted molar refractivity (Wildman–Crippen MR) is 79.3 cm³/mol. The van der Waals surface area contributed by atoms with Crippen molar-refractivity contribution in [2.24, 2.45) is 0 Å². The van der Waals surface area contributed by atoms with Crippen LogP contribution >= 0.6 is 0 Å². The van der Waals surface area contributed by atoms with Gasteiger partial charge < -0.3 is 14.8 Å². The van der Waals surface area contributed by atoms with Gasteiger partial charge in [-0.3, -0.25) is 4.98 Å². The number of hydrogen-bond acceptors (Lipinski definition) is 4. The maximum absolute atomic E-state index is 14.3. The number of aromatic nitrogens is 1. The van der Waals surface area contributed by atoms with Gasteiger partial charge in [-0.05, 0) is 30.8 Å². The Morgan fingerprint density at radius 2 is 1.86 bits per heavy atom. The normalized spacial score (nSPS) is 12.0. The first-order valence-corrected chi connectivity index (χ1v) is 6.77. The molecule has 0 aliphatic rings. The number of benzene rings is 1. The van der Waals surface area contributed by atoms with Crippen LogP contribution in [-0.4, -0.2) is 25.7 Å². The molecule has 1 unspecified atom stereocenters. The van der Waals surface area contributed by atoms with Crippen molar-refractivity contribution in [2.75, 3.05) is 20.8 Å². The summed E-state index contributed by atoms with van der Waals surface area (Å²) >= 11 is 0. The topological polar surface area (TPSA) is 43.4 Å². The molecular formula is C16H19FN2O2. The largest absolute Gasteiger partial charge is 0.496 e. The number of nitrogens with zero attached hydrogens (tertiary/aromatic N) is 1. The minimum absolute atomic E-state index is 0.340. The highest BCUT2D eigenvalue weighted by atomic mass is 19.1. The molecule has 0 saturated carbocycles. The molecule has 0 saturated heterocycles. The average molecular weight is 290 g/mol. The number of ether oxygens (including phenoxy) is 2. The summed E-state index contributed by atoms with van der Waals surface area (Å²) in [4.78, 5) is 4.35. The first-order chi connectivity index (χ1) is 10.2. The molecule has 21 heavy (non-hydrogen) atoms. The molecule has 4 nitrogen and oxygen atoms in total. The molecule has 1 aromatic heterocycles. The van der Waals surface area contributed by atoms with E-state index in [1.807, 2.05) is 6.92 Å². The zero-order valence-corrected chi connectivity index (χ0v) is 12.4. The molecule has 1 heterocycles. The lowest BCUT2D eigenvalue weighted by Crippen LogP contribution is -2.25. The fraction of sp³-hybridized carbons (Fsp3) is 0.312. The Bertz CT molecular complexity index is 605. The molecular weight excluding hydrogens is 271 g/mol. The third-order valence-corrected chi connectivity index (χ3v) is 3.22. The van der Waals surface area contributed by atoms with Gasteiger partial charge in [0, 0.05) is 6.20 Å². The van der Waals surface area contributed by atoms with Crippen molar-refractivity contribution in [1.82, 2.24) is 10.3 Å². The number of methoxy groups -OCH3 is 2. The van der Waals surface area contributed by atoms with Crippen molar-refractivity contribution < 1.29 is 13.9 Å². The highest BCUT2D eigenvalue weighted by Gasteiger charge is 2.25. The van der Waals surface area contributed by atoms with Gasteiger partial charge in [-0.25, -0.2) is 4.39 Å². The fourth-order valence-corrected chi connectivity index (χ4v) is 2.31. The van der Waals surface area contributed by atoms with Gasteiger partial charge in [-0.1, -0.05) is 13.0 Å². The van der Waals surface area contributed by atoms with Gasteiger partial charge in [0.15, 0.2) is 0 Å². The number of halogens is 1. The molecule has 0 radical (unpaired) electrons. The molecule has 0 bridgehead atoms. The second-order valence-electron chi connectivity index (χ2n) is 4.44. The summed E-state index contributed by atoms with van der Waals surface area (Å²) in [6.07, 6.45) is 1.66. The molecule has 0 amide bonds. The maximum Gasteiger partial charge on any atom is 0.142 e. The van der Waals surface area contributed by atoms with Crippen molar-refractivity contribution in [3.8, 4) is 11.5 Å². The van der Waals surface area contributed by atoms with Gasteiger partial charge in [-0.15, -0.1) is 0 Å².